The monoisotopic (exact) mass is 644 g/mol. The van der Waals surface area contributed by atoms with Gasteiger partial charge in [-0.3, -0.25) is 28.1 Å². The van der Waals surface area contributed by atoms with Crippen LogP contribution in [-0.2, 0) is 11.8 Å². The van der Waals surface area contributed by atoms with Gasteiger partial charge in [0.25, 0.3) is 11.1 Å². The van der Waals surface area contributed by atoms with Gasteiger partial charge < -0.3 is 16.0 Å². The number of carbonyl (C=O) groups excluding carboxylic acids is 1. The molecule has 0 spiro atoms. The van der Waals surface area contributed by atoms with Crippen molar-refractivity contribution in [3.05, 3.63) is 88.6 Å². The third-order valence-corrected chi connectivity index (χ3v) is 7.34. The number of nitrogens with zero attached hydrogens (tertiary/aromatic N) is 3. The van der Waals surface area contributed by atoms with Crippen LogP contribution < -0.4 is 32.8 Å². The van der Waals surface area contributed by atoms with E-state index in [0.717, 1.165) is 0 Å². The van der Waals surface area contributed by atoms with Gasteiger partial charge in [0, 0.05) is 27.9 Å². The smallest absolute Gasteiger partial charge is 0.336 e. The van der Waals surface area contributed by atoms with Gasteiger partial charge in [-0.15, -0.1) is 0 Å². The number of aryl methyl sites for hydroxylation is 1. The van der Waals surface area contributed by atoms with Gasteiger partial charge in [-0.25, -0.2) is 9.18 Å². The number of hydrogen-bond donors (Lipinski definition) is 3. The summed E-state index contributed by atoms with van der Waals surface area (Å²) in [6.07, 6.45) is 1.33. The summed E-state index contributed by atoms with van der Waals surface area (Å²) >= 11 is 1.99. The summed E-state index contributed by atoms with van der Waals surface area (Å²) in [5.74, 6) is -0.748. The minimum Gasteiger partial charge on any atom is -0.338 e. The molecule has 5 rings (SSSR count). The number of pyridine rings is 1. The topological polar surface area (TPSA) is 119 Å². The second-order valence-electron chi connectivity index (χ2n) is 9.46. The van der Waals surface area contributed by atoms with E-state index in [1.807, 2.05) is 22.6 Å². The second-order valence-corrected chi connectivity index (χ2v) is 10.7. The first-order valence-corrected chi connectivity index (χ1v) is 13.4. The van der Waals surface area contributed by atoms with Gasteiger partial charge in [0.15, 0.2) is 0 Å². The van der Waals surface area contributed by atoms with Gasteiger partial charge in [-0.2, -0.15) is 0 Å². The zero-order chi connectivity index (χ0) is 28.0. The SMILES string of the molecule is CNCC(=O)Nc1cccc(-n2c(=O)n(C3CC3)c(=O)c3c(Nc4ccc(I)cc4F)n(C)c(=O)c(C)c32)c1. The molecule has 0 aliphatic heterocycles. The van der Waals surface area contributed by atoms with Crippen molar-refractivity contribution in [1.82, 2.24) is 19.0 Å². The average molecular weight is 644 g/mol. The molecule has 0 atom stereocenters. The van der Waals surface area contributed by atoms with Gasteiger partial charge in [0.2, 0.25) is 5.91 Å². The predicted molar refractivity (Wildman–Crippen MR) is 157 cm³/mol. The van der Waals surface area contributed by atoms with Crippen LogP contribution in [0.5, 0.6) is 0 Å². The minimum absolute atomic E-state index is 0.0762. The summed E-state index contributed by atoms with van der Waals surface area (Å²) in [4.78, 5) is 53.3. The fourth-order valence-electron chi connectivity index (χ4n) is 4.66. The summed E-state index contributed by atoms with van der Waals surface area (Å²) in [6, 6.07) is 10.9. The van der Waals surface area contributed by atoms with E-state index in [1.54, 1.807) is 44.3 Å². The molecular formula is C27H26FIN6O4. The highest BCUT2D eigenvalue weighted by Crippen LogP contribution is 2.34. The molecule has 0 bridgehead atoms. The van der Waals surface area contributed by atoms with Crippen LogP contribution in [0.2, 0.25) is 0 Å². The van der Waals surface area contributed by atoms with Gasteiger partial charge in [-0.1, -0.05) is 6.07 Å². The number of anilines is 3. The van der Waals surface area contributed by atoms with Crippen LogP contribution in [0.1, 0.15) is 24.4 Å². The van der Waals surface area contributed by atoms with Gasteiger partial charge in [-0.05, 0) is 85.8 Å². The van der Waals surface area contributed by atoms with Gasteiger partial charge in [0.05, 0.1) is 23.4 Å². The first kappa shape index (κ1) is 26.8. The van der Waals surface area contributed by atoms with Crippen LogP contribution in [-0.4, -0.2) is 33.2 Å². The lowest BCUT2D eigenvalue weighted by Crippen LogP contribution is -2.41. The lowest BCUT2D eigenvalue weighted by atomic mass is 10.1. The molecule has 1 aliphatic rings. The van der Waals surface area contributed by atoms with Crippen LogP contribution in [0, 0.1) is 16.3 Å². The minimum atomic E-state index is -0.587. The largest absolute Gasteiger partial charge is 0.338 e. The number of fused-ring (bicyclic) bond motifs is 1. The standard InChI is InChI=1S/C27H26FIN6O4/c1-14-23-22(24(33(3)25(14)37)32-20-10-7-15(29)11-19(20)28)26(38)35(17-8-9-17)27(39)34(23)18-6-4-5-16(12-18)31-21(36)13-30-2/h4-7,10-12,17,30,32H,8-9,13H2,1-3H3,(H,31,36). The first-order chi connectivity index (χ1) is 18.6. The molecule has 202 valence electrons. The molecule has 10 nitrogen and oxygen atoms in total. The molecular weight excluding hydrogens is 618 g/mol. The molecule has 2 aromatic heterocycles. The number of aromatic nitrogens is 3. The number of hydrogen-bond acceptors (Lipinski definition) is 6. The molecule has 1 saturated carbocycles. The molecule has 1 aliphatic carbocycles. The lowest BCUT2D eigenvalue weighted by Gasteiger charge is -2.21. The van der Waals surface area contributed by atoms with Crippen LogP contribution in [0.4, 0.5) is 21.6 Å². The Bertz CT molecular complexity index is 1820. The Balaban J connectivity index is 1.84. The molecule has 0 unspecified atom stereocenters. The fourth-order valence-corrected chi connectivity index (χ4v) is 5.12. The van der Waals surface area contributed by atoms with Crippen LogP contribution >= 0.6 is 22.6 Å². The van der Waals surface area contributed by atoms with Crippen molar-refractivity contribution < 1.29 is 9.18 Å². The van der Waals surface area contributed by atoms with E-state index >= 15 is 0 Å². The van der Waals surface area contributed by atoms with Crippen molar-refractivity contribution in [3.63, 3.8) is 0 Å². The number of nitrogens with one attached hydrogen (secondary N) is 3. The maximum absolute atomic E-state index is 14.8. The summed E-state index contributed by atoms with van der Waals surface area (Å²) in [6.45, 7) is 1.65. The number of benzene rings is 2. The Kier molecular flexibility index (Phi) is 7.16. The number of likely N-dealkylation sites (N-methyl/N-ethyl adjacent to an activating group) is 1. The molecule has 1 amide bonds. The van der Waals surface area contributed by atoms with Crippen molar-refractivity contribution in [2.75, 3.05) is 24.2 Å². The molecule has 3 N–H and O–H groups in total. The highest BCUT2D eigenvalue weighted by Gasteiger charge is 2.31. The van der Waals surface area contributed by atoms with E-state index in [-0.39, 0.29) is 46.5 Å². The normalized spacial score (nSPS) is 13.1. The Morgan fingerprint density at radius 2 is 1.85 bits per heavy atom. The van der Waals surface area contributed by atoms with E-state index in [0.29, 0.717) is 27.8 Å². The highest BCUT2D eigenvalue weighted by atomic mass is 127. The highest BCUT2D eigenvalue weighted by molar-refractivity contribution is 14.1. The summed E-state index contributed by atoms with van der Waals surface area (Å²) in [5, 5.41) is 8.58. The predicted octanol–water partition coefficient (Wildman–Crippen LogP) is 3.14. The van der Waals surface area contributed by atoms with Crippen LogP contribution in [0.15, 0.2) is 56.8 Å². The Labute approximate surface area is 235 Å². The number of halogens is 2. The van der Waals surface area contributed by atoms with E-state index in [4.69, 9.17) is 0 Å². The number of carbonyl (C=O) groups is 1. The summed E-state index contributed by atoms with van der Waals surface area (Å²) < 4.78 is 19.3. The Morgan fingerprint density at radius 1 is 1.10 bits per heavy atom. The summed E-state index contributed by atoms with van der Waals surface area (Å²) in [5.41, 5.74) is -0.399. The van der Waals surface area contributed by atoms with Crippen molar-refractivity contribution in [2.24, 2.45) is 7.05 Å². The molecule has 0 saturated heterocycles. The van der Waals surface area contributed by atoms with Crippen LogP contribution in [0.3, 0.4) is 0 Å². The van der Waals surface area contributed by atoms with Crippen LogP contribution in [0.25, 0.3) is 16.6 Å². The number of rotatable bonds is 7. The molecule has 39 heavy (non-hydrogen) atoms. The van der Waals surface area contributed by atoms with Crippen molar-refractivity contribution >= 4 is 56.6 Å². The lowest BCUT2D eigenvalue weighted by molar-refractivity contribution is -0.115. The van der Waals surface area contributed by atoms with Gasteiger partial charge in [0.1, 0.15) is 17.0 Å². The van der Waals surface area contributed by atoms with E-state index in [1.165, 1.54) is 32.9 Å². The number of amides is 1. The molecule has 0 radical (unpaired) electrons. The van der Waals surface area contributed by atoms with Crippen molar-refractivity contribution in [1.29, 1.82) is 0 Å². The molecule has 12 heteroatoms. The third kappa shape index (κ3) is 4.89. The maximum Gasteiger partial charge on any atom is 0.336 e. The van der Waals surface area contributed by atoms with Crippen molar-refractivity contribution in [2.45, 2.75) is 25.8 Å². The molecule has 2 heterocycles. The van der Waals surface area contributed by atoms with E-state index in [9.17, 15) is 23.6 Å². The second kappa shape index (κ2) is 10.4. The quantitative estimate of drug-likeness (QED) is 0.266. The van der Waals surface area contributed by atoms with Crippen molar-refractivity contribution in [3.8, 4) is 5.69 Å². The molecule has 4 aromatic rings. The average Bonchev–Trinajstić information content (AvgIpc) is 3.72. The Hall–Kier alpha value is -3.78. The van der Waals surface area contributed by atoms with Gasteiger partial charge >= 0.3 is 5.69 Å². The third-order valence-electron chi connectivity index (χ3n) is 6.66. The summed E-state index contributed by atoms with van der Waals surface area (Å²) in [7, 11) is 3.15. The zero-order valence-corrected chi connectivity index (χ0v) is 23.6. The Morgan fingerprint density at radius 3 is 2.51 bits per heavy atom. The van der Waals surface area contributed by atoms with E-state index < -0.39 is 22.6 Å². The first-order valence-electron chi connectivity index (χ1n) is 12.3. The molecule has 2 aromatic carbocycles. The fraction of sp³-hybridized carbons (Fsp3) is 0.259. The maximum atomic E-state index is 14.8. The zero-order valence-electron chi connectivity index (χ0n) is 21.5. The molecule has 1 fully saturated rings. The van der Waals surface area contributed by atoms with E-state index in [2.05, 4.69) is 16.0 Å².